The van der Waals surface area contributed by atoms with Gasteiger partial charge in [-0.05, 0) is 41.5 Å². The topological polar surface area (TPSA) is 20.2 Å². The Labute approximate surface area is 121 Å². The van der Waals surface area contributed by atoms with E-state index in [1.165, 1.54) is 54.9 Å². The summed E-state index contributed by atoms with van der Waals surface area (Å²) in [5, 5.41) is 13.1. The molecule has 2 aromatic carbocycles. The third-order valence-corrected chi connectivity index (χ3v) is 4.70. The van der Waals surface area contributed by atoms with Crippen LogP contribution in [0.25, 0.3) is 10.8 Å². The third kappa shape index (κ3) is 3.21. The zero-order chi connectivity index (χ0) is 13.8. The van der Waals surface area contributed by atoms with E-state index in [0.717, 1.165) is 6.42 Å². The molecular formula is C19H24O. The highest BCUT2D eigenvalue weighted by atomic mass is 16.3. The molecule has 0 radical (unpaired) electrons. The molecule has 1 unspecified atom stereocenters. The predicted molar refractivity (Wildman–Crippen MR) is 84.9 cm³/mol. The summed E-state index contributed by atoms with van der Waals surface area (Å²) in [7, 11) is 0. The lowest BCUT2D eigenvalue weighted by molar-refractivity contribution is 0.0986. The highest BCUT2D eigenvalue weighted by Gasteiger charge is 2.20. The van der Waals surface area contributed by atoms with Crippen molar-refractivity contribution in [3.8, 4) is 0 Å². The molecule has 0 heterocycles. The van der Waals surface area contributed by atoms with Crippen molar-refractivity contribution in [1.29, 1.82) is 0 Å². The van der Waals surface area contributed by atoms with Gasteiger partial charge in [0.1, 0.15) is 0 Å². The molecule has 0 spiro atoms. The van der Waals surface area contributed by atoms with Gasteiger partial charge in [0.05, 0.1) is 6.10 Å². The van der Waals surface area contributed by atoms with Crippen LogP contribution in [0.15, 0.2) is 42.5 Å². The molecule has 1 N–H and O–H groups in total. The Hall–Kier alpha value is -1.34. The summed E-state index contributed by atoms with van der Waals surface area (Å²) in [6.07, 6.45) is 8.31. The summed E-state index contributed by atoms with van der Waals surface area (Å²) >= 11 is 0. The van der Waals surface area contributed by atoms with Gasteiger partial charge >= 0.3 is 0 Å². The summed E-state index contributed by atoms with van der Waals surface area (Å²) in [4.78, 5) is 0. The molecule has 1 nitrogen and oxygen atoms in total. The average Bonchev–Trinajstić information content (AvgIpc) is 2.76. The minimum absolute atomic E-state index is 0.172. The summed E-state index contributed by atoms with van der Waals surface area (Å²) in [5.74, 6) is 0.504. The molecule has 106 valence electrons. The summed E-state index contributed by atoms with van der Waals surface area (Å²) in [6, 6.07) is 15.0. The molecule has 0 aliphatic heterocycles. The number of hydrogen-bond donors (Lipinski definition) is 1. The Morgan fingerprint density at radius 3 is 2.35 bits per heavy atom. The lowest BCUT2D eigenvalue weighted by Gasteiger charge is -2.21. The molecular weight excluding hydrogens is 244 g/mol. The molecule has 0 amide bonds. The Balaban J connectivity index is 1.71. The van der Waals surface area contributed by atoms with Crippen LogP contribution in [0.2, 0.25) is 0 Å². The van der Waals surface area contributed by atoms with E-state index < -0.39 is 0 Å². The largest absolute Gasteiger partial charge is 0.392 e. The molecule has 1 aliphatic rings. The van der Waals surface area contributed by atoms with Crippen LogP contribution in [0.3, 0.4) is 0 Å². The van der Waals surface area contributed by atoms with Gasteiger partial charge in [-0.1, -0.05) is 68.1 Å². The van der Waals surface area contributed by atoms with Crippen molar-refractivity contribution in [3.63, 3.8) is 0 Å². The number of benzene rings is 2. The molecule has 0 aromatic heterocycles. The van der Waals surface area contributed by atoms with Crippen LogP contribution < -0.4 is 0 Å². The lowest BCUT2D eigenvalue weighted by Crippen LogP contribution is -2.22. The minimum atomic E-state index is -0.172. The van der Waals surface area contributed by atoms with Crippen LogP contribution in [0.5, 0.6) is 0 Å². The molecule has 1 atom stereocenters. The number of hydrogen-bond acceptors (Lipinski definition) is 1. The van der Waals surface area contributed by atoms with Crippen LogP contribution in [0, 0.1) is 5.92 Å². The number of fused-ring (bicyclic) bond motifs is 1. The van der Waals surface area contributed by atoms with Crippen molar-refractivity contribution < 1.29 is 5.11 Å². The highest BCUT2D eigenvalue weighted by molar-refractivity contribution is 5.82. The van der Waals surface area contributed by atoms with Crippen molar-refractivity contribution in [2.75, 3.05) is 0 Å². The molecule has 1 heteroatoms. The summed E-state index contributed by atoms with van der Waals surface area (Å²) < 4.78 is 0. The fourth-order valence-electron chi connectivity index (χ4n) is 3.47. The van der Waals surface area contributed by atoms with Crippen molar-refractivity contribution >= 4 is 10.8 Å². The van der Waals surface area contributed by atoms with E-state index in [4.69, 9.17) is 0 Å². The van der Waals surface area contributed by atoms with Crippen molar-refractivity contribution in [2.24, 2.45) is 5.92 Å². The normalized spacial score (nSPS) is 18.9. The van der Waals surface area contributed by atoms with Crippen LogP contribution in [-0.2, 0) is 6.42 Å². The SMILES string of the molecule is OC(Cc1ccc2ccccc2c1)C1CCCCCC1. The maximum atomic E-state index is 10.5. The van der Waals surface area contributed by atoms with E-state index in [0.29, 0.717) is 5.92 Å². The molecule has 1 aliphatic carbocycles. The second-order valence-electron chi connectivity index (χ2n) is 6.20. The van der Waals surface area contributed by atoms with Gasteiger partial charge in [-0.15, -0.1) is 0 Å². The molecule has 1 fully saturated rings. The van der Waals surface area contributed by atoms with E-state index in [2.05, 4.69) is 42.5 Å². The van der Waals surface area contributed by atoms with E-state index in [9.17, 15) is 5.11 Å². The van der Waals surface area contributed by atoms with Crippen LogP contribution in [0.4, 0.5) is 0 Å². The molecule has 0 saturated heterocycles. The maximum Gasteiger partial charge on any atom is 0.0608 e. The first-order chi connectivity index (χ1) is 9.83. The monoisotopic (exact) mass is 268 g/mol. The van der Waals surface area contributed by atoms with Gasteiger partial charge in [0.25, 0.3) is 0 Å². The van der Waals surface area contributed by atoms with E-state index >= 15 is 0 Å². The number of aliphatic hydroxyl groups is 1. The average molecular weight is 268 g/mol. The smallest absolute Gasteiger partial charge is 0.0608 e. The summed E-state index contributed by atoms with van der Waals surface area (Å²) in [6.45, 7) is 0. The predicted octanol–water partition coefficient (Wildman–Crippen LogP) is 4.71. The maximum absolute atomic E-state index is 10.5. The summed E-state index contributed by atoms with van der Waals surface area (Å²) in [5.41, 5.74) is 1.26. The van der Waals surface area contributed by atoms with E-state index in [-0.39, 0.29) is 6.10 Å². The second-order valence-corrected chi connectivity index (χ2v) is 6.20. The zero-order valence-electron chi connectivity index (χ0n) is 12.1. The molecule has 2 aromatic rings. The Morgan fingerprint density at radius 2 is 1.60 bits per heavy atom. The van der Waals surface area contributed by atoms with Crippen molar-refractivity contribution in [2.45, 2.75) is 51.0 Å². The van der Waals surface area contributed by atoms with E-state index in [1.807, 2.05) is 0 Å². The van der Waals surface area contributed by atoms with Crippen molar-refractivity contribution in [3.05, 3.63) is 48.0 Å². The first-order valence-corrected chi connectivity index (χ1v) is 7.99. The zero-order valence-corrected chi connectivity index (χ0v) is 12.1. The van der Waals surface area contributed by atoms with Crippen molar-refractivity contribution in [1.82, 2.24) is 0 Å². The standard InChI is InChI=1S/C19H24O/c20-19(17-8-3-1-2-4-9-17)14-15-11-12-16-7-5-6-10-18(16)13-15/h5-7,10-13,17,19-20H,1-4,8-9,14H2. The fraction of sp³-hybridized carbons (Fsp3) is 0.474. The Morgan fingerprint density at radius 1 is 0.900 bits per heavy atom. The van der Waals surface area contributed by atoms with Gasteiger partial charge in [-0.25, -0.2) is 0 Å². The Bertz CT molecular complexity index is 552. The van der Waals surface area contributed by atoms with Gasteiger partial charge < -0.3 is 5.11 Å². The van der Waals surface area contributed by atoms with Gasteiger partial charge in [0.2, 0.25) is 0 Å². The number of rotatable bonds is 3. The van der Waals surface area contributed by atoms with Gasteiger partial charge in [-0.2, -0.15) is 0 Å². The highest BCUT2D eigenvalue weighted by Crippen LogP contribution is 2.27. The van der Waals surface area contributed by atoms with Crippen LogP contribution in [-0.4, -0.2) is 11.2 Å². The molecule has 3 rings (SSSR count). The van der Waals surface area contributed by atoms with Crippen LogP contribution >= 0.6 is 0 Å². The minimum Gasteiger partial charge on any atom is -0.392 e. The van der Waals surface area contributed by atoms with Gasteiger partial charge in [0, 0.05) is 0 Å². The van der Waals surface area contributed by atoms with Gasteiger partial charge in [0.15, 0.2) is 0 Å². The molecule has 0 bridgehead atoms. The van der Waals surface area contributed by atoms with Crippen LogP contribution in [0.1, 0.15) is 44.1 Å². The first kappa shape index (κ1) is 13.6. The molecule has 20 heavy (non-hydrogen) atoms. The quantitative estimate of drug-likeness (QED) is 0.799. The fourth-order valence-corrected chi connectivity index (χ4v) is 3.47. The Kier molecular flexibility index (Phi) is 4.37. The first-order valence-electron chi connectivity index (χ1n) is 7.99. The van der Waals surface area contributed by atoms with Gasteiger partial charge in [-0.3, -0.25) is 0 Å². The molecule has 1 saturated carbocycles. The number of aliphatic hydroxyl groups excluding tert-OH is 1. The van der Waals surface area contributed by atoms with E-state index in [1.54, 1.807) is 0 Å². The third-order valence-electron chi connectivity index (χ3n) is 4.70. The lowest BCUT2D eigenvalue weighted by atomic mass is 9.89. The second kappa shape index (κ2) is 6.41.